The fraction of sp³-hybridized carbons (Fsp3) is 0.0741. The Morgan fingerprint density at radius 2 is 1.25 bits per heavy atom. The molecule has 0 atom stereocenters. The summed E-state index contributed by atoms with van der Waals surface area (Å²) in [6.07, 6.45) is 0. The van der Waals surface area contributed by atoms with Gasteiger partial charge in [-0.05, 0) is 73.5 Å². The zero-order valence-corrected chi connectivity index (χ0v) is 18.0. The predicted molar refractivity (Wildman–Crippen MR) is 128 cm³/mol. The summed E-state index contributed by atoms with van der Waals surface area (Å²) in [5.41, 5.74) is 15.7. The second-order valence-corrected chi connectivity index (χ2v) is 7.58. The third-order valence-electron chi connectivity index (χ3n) is 5.09. The number of ketones is 1. The van der Waals surface area contributed by atoms with Gasteiger partial charge in [0.2, 0.25) is 0 Å². The minimum absolute atomic E-state index is 0.159. The number of carbonyl (C=O) groups is 1. The predicted octanol–water partition coefficient (Wildman–Crippen LogP) is 6.28. The number of carbonyl (C=O) groups excluding carboxylic acids is 1. The SMILES string of the molecule is Cc1cc(N)ccc1Oc1cccc(C(=O)c2ccccc2)c1Oc1ccc(N)cc1C. The first-order valence-corrected chi connectivity index (χ1v) is 10.2. The molecule has 0 unspecified atom stereocenters. The van der Waals surface area contributed by atoms with Crippen molar-refractivity contribution in [3.05, 3.63) is 107 Å². The molecule has 0 aliphatic carbocycles. The van der Waals surface area contributed by atoms with Crippen LogP contribution in [0, 0.1) is 13.8 Å². The quantitative estimate of drug-likeness (QED) is 0.281. The van der Waals surface area contributed by atoms with E-state index in [1.54, 1.807) is 54.6 Å². The third-order valence-corrected chi connectivity index (χ3v) is 5.09. The van der Waals surface area contributed by atoms with Gasteiger partial charge in [0.1, 0.15) is 11.5 Å². The number of nitrogens with two attached hydrogens (primary N) is 2. The van der Waals surface area contributed by atoms with Crippen molar-refractivity contribution in [2.75, 3.05) is 11.5 Å². The van der Waals surface area contributed by atoms with E-state index in [9.17, 15) is 4.79 Å². The molecule has 4 aromatic carbocycles. The first-order chi connectivity index (χ1) is 15.4. The normalized spacial score (nSPS) is 10.6. The van der Waals surface area contributed by atoms with Crippen LogP contribution in [0.1, 0.15) is 27.0 Å². The fourth-order valence-electron chi connectivity index (χ4n) is 3.43. The van der Waals surface area contributed by atoms with Crippen LogP contribution >= 0.6 is 0 Å². The lowest BCUT2D eigenvalue weighted by atomic mass is 10.0. The summed E-state index contributed by atoms with van der Waals surface area (Å²) < 4.78 is 12.5. The smallest absolute Gasteiger partial charge is 0.196 e. The van der Waals surface area contributed by atoms with Gasteiger partial charge >= 0.3 is 0 Å². The molecule has 5 heteroatoms. The number of ether oxygens (including phenoxy) is 2. The van der Waals surface area contributed by atoms with E-state index in [0.29, 0.717) is 45.5 Å². The number of anilines is 2. The molecule has 5 nitrogen and oxygen atoms in total. The molecule has 0 spiro atoms. The van der Waals surface area contributed by atoms with Crippen molar-refractivity contribution in [2.24, 2.45) is 0 Å². The van der Waals surface area contributed by atoms with Crippen LogP contribution in [-0.2, 0) is 0 Å². The van der Waals surface area contributed by atoms with E-state index in [4.69, 9.17) is 20.9 Å². The van der Waals surface area contributed by atoms with E-state index in [1.807, 2.05) is 44.2 Å². The van der Waals surface area contributed by atoms with Crippen LogP contribution in [0.4, 0.5) is 11.4 Å². The minimum atomic E-state index is -0.159. The molecular formula is C27H24N2O3. The molecule has 0 aliphatic heterocycles. The Balaban J connectivity index is 1.82. The molecule has 0 aliphatic rings. The molecular weight excluding hydrogens is 400 g/mol. The van der Waals surface area contributed by atoms with Crippen molar-refractivity contribution in [2.45, 2.75) is 13.8 Å². The molecule has 160 valence electrons. The Morgan fingerprint density at radius 3 is 1.84 bits per heavy atom. The molecule has 4 rings (SSSR count). The van der Waals surface area contributed by atoms with Gasteiger partial charge in [-0.3, -0.25) is 4.79 Å². The largest absolute Gasteiger partial charge is 0.453 e. The Kier molecular flexibility index (Phi) is 5.81. The van der Waals surface area contributed by atoms with Gasteiger partial charge in [-0.1, -0.05) is 36.4 Å². The van der Waals surface area contributed by atoms with Gasteiger partial charge in [0.15, 0.2) is 17.3 Å². The van der Waals surface area contributed by atoms with Crippen LogP contribution in [0.5, 0.6) is 23.0 Å². The van der Waals surface area contributed by atoms with E-state index >= 15 is 0 Å². The second kappa shape index (κ2) is 8.86. The maximum atomic E-state index is 13.3. The first-order valence-electron chi connectivity index (χ1n) is 10.2. The molecule has 0 heterocycles. The molecule has 32 heavy (non-hydrogen) atoms. The zero-order chi connectivity index (χ0) is 22.7. The Hall–Kier alpha value is -4.25. The molecule has 0 saturated heterocycles. The number of rotatable bonds is 6. The van der Waals surface area contributed by atoms with Crippen LogP contribution < -0.4 is 20.9 Å². The average Bonchev–Trinajstić information content (AvgIpc) is 2.78. The van der Waals surface area contributed by atoms with Crippen LogP contribution in [0.25, 0.3) is 0 Å². The van der Waals surface area contributed by atoms with E-state index in [0.717, 1.165) is 11.1 Å². The molecule has 4 aromatic rings. The van der Waals surface area contributed by atoms with Gasteiger partial charge in [-0.25, -0.2) is 0 Å². The summed E-state index contributed by atoms with van der Waals surface area (Å²) in [5.74, 6) is 1.82. The molecule has 0 aromatic heterocycles. The van der Waals surface area contributed by atoms with E-state index in [1.165, 1.54) is 0 Å². The number of para-hydroxylation sites is 1. The van der Waals surface area contributed by atoms with Gasteiger partial charge in [-0.15, -0.1) is 0 Å². The molecule has 0 bridgehead atoms. The molecule has 0 amide bonds. The highest BCUT2D eigenvalue weighted by atomic mass is 16.5. The van der Waals surface area contributed by atoms with Crippen LogP contribution in [-0.4, -0.2) is 5.78 Å². The minimum Gasteiger partial charge on any atom is -0.453 e. The van der Waals surface area contributed by atoms with Crippen LogP contribution in [0.2, 0.25) is 0 Å². The van der Waals surface area contributed by atoms with E-state index in [-0.39, 0.29) is 5.78 Å². The van der Waals surface area contributed by atoms with Gasteiger partial charge in [-0.2, -0.15) is 0 Å². The summed E-state index contributed by atoms with van der Waals surface area (Å²) >= 11 is 0. The van der Waals surface area contributed by atoms with Gasteiger partial charge < -0.3 is 20.9 Å². The molecule has 0 saturated carbocycles. The summed E-state index contributed by atoms with van der Waals surface area (Å²) in [6, 6.07) is 25.1. The highest BCUT2D eigenvalue weighted by Gasteiger charge is 2.21. The van der Waals surface area contributed by atoms with Crippen molar-refractivity contribution in [1.82, 2.24) is 0 Å². The topological polar surface area (TPSA) is 87.6 Å². The molecule has 4 N–H and O–H groups in total. The summed E-state index contributed by atoms with van der Waals surface area (Å²) in [6.45, 7) is 3.81. The average molecular weight is 425 g/mol. The Labute approximate surface area is 187 Å². The number of hydrogen-bond donors (Lipinski definition) is 2. The maximum absolute atomic E-state index is 13.3. The van der Waals surface area contributed by atoms with Crippen molar-refractivity contribution < 1.29 is 14.3 Å². The standard InChI is InChI=1S/C27H24N2O3/c1-17-15-20(28)11-13-23(17)31-25-10-6-9-22(26(30)19-7-4-3-5-8-19)27(25)32-24-14-12-21(29)16-18(24)2/h3-16H,28-29H2,1-2H3. The van der Waals surface area contributed by atoms with E-state index < -0.39 is 0 Å². The van der Waals surface area contributed by atoms with Gasteiger partial charge in [0.05, 0.1) is 5.56 Å². The highest BCUT2D eigenvalue weighted by Crippen LogP contribution is 2.40. The lowest BCUT2D eigenvalue weighted by Crippen LogP contribution is -2.05. The third kappa shape index (κ3) is 4.42. The monoisotopic (exact) mass is 424 g/mol. The first kappa shape index (κ1) is 21.0. The number of nitrogen functional groups attached to an aromatic ring is 2. The zero-order valence-electron chi connectivity index (χ0n) is 18.0. The lowest BCUT2D eigenvalue weighted by molar-refractivity contribution is 0.103. The number of aryl methyl sites for hydroxylation is 2. The van der Waals surface area contributed by atoms with Crippen LogP contribution in [0.15, 0.2) is 84.9 Å². The summed E-state index contributed by atoms with van der Waals surface area (Å²) in [5, 5.41) is 0. The molecule has 0 radical (unpaired) electrons. The summed E-state index contributed by atoms with van der Waals surface area (Å²) in [4.78, 5) is 13.3. The molecule has 0 fully saturated rings. The van der Waals surface area contributed by atoms with Crippen molar-refractivity contribution >= 4 is 17.2 Å². The maximum Gasteiger partial charge on any atom is 0.196 e. The van der Waals surface area contributed by atoms with Crippen LogP contribution in [0.3, 0.4) is 0 Å². The highest BCUT2D eigenvalue weighted by molar-refractivity contribution is 6.11. The van der Waals surface area contributed by atoms with Crippen molar-refractivity contribution in [3.63, 3.8) is 0 Å². The Morgan fingerprint density at radius 1 is 0.656 bits per heavy atom. The fourth-order valence-corrected chi connectivity index (χ4v) is 3.43. The van der Waals surface area contributed by atoms with Crippen molar-refractivity contribution in [3.8, 4) is 23.0 Å². The Bertz CT molecular complexity index is 1280. The lowest BCUT2D eigenvalue weighted by Gasteiger charge is -2.18. The van der Waals surface area contributed by atoms with E-state index in [2.05, 4.69) is 0 Å². The van der Waals surface area contributed by atoms with Gasteiger partial charge in [0.25, 0.3) is 0 Å². The number of benzene rings is 4. The van der Waals surface area contributed by atoms with Crippen molar-refractivity contribution in [1.29, 1.82) is 0 Å². The summed E-state index contributed by atoms with van der Waals surface area (Å²) in [7, 11) is 0. The van der Waals surface area contributed by atoms with Gasteiger partial charge in [0, 0.05) is 16.9 Å². The second-order valence-electron chi connectivity index (χ2n) is 7.58. The number of hydrogen-bond acceptors (Lipinski definition) is 5.